The van der Waals surface area contributed by atoms with E-state index in [1.54, 1.807) is 25.3 Å². The van der Waals surface area contributed by atoms with Gasteiger partial charge in [0.2, 0.25) is 5.76 Å². The van der Waals surface area contributed by atoms with Crippen LogP contribution in [0, 0.1) is 0 Å². The van der Waals surface area contributed by atoms with Gasteiger partial charge in [-0.25, -0.2) is 4.79 Å². The van der Waals surface area contributed by atoms with Crippen LogP contribution in [0.15, 0.2) is 28.7 Å². The molecule has 24 heavy (non-hydrogen) atoms. The summed E-state index contributed by atoms with van der Waals surface area (Å²) in [4.78, 5) is 14.3. The number of esters is 1. The maximum absolute atomic E-state index is 12.1. The van der Waals surface area contributed by atoms with E-state index in [2.05, 4.69) is 4.90 Å². The molecule has 5 nitrogen and oxygen atoms in total. The topological polar surface area (TPSA) is 51.9 Å². The highest BCUT2D eigenvalue weighted by Crippen LogP contribution is 2.38. The first-order chi connectivity index (χ1) is 11.6. The van der Waals surface area contributed by atoms with E-state index in [1.807, 2.05) is 6.07 Å². The SMILES string of the molecule is COC(=O)c1oc(-c2cc(Cl)ccc2OC)cc1N1CCCCC1. The minimum Gasteiger partial charge on any atom is -0.496 e. The van der Waals surface area contributed by atoms with Crippen molar-refractivity contribution in [2.75, 3.05) is 32.2 Å². The molecule has 1 saturated heterocycles. The average molecular weight is 350 g/mol. The van der Waals surface area contributed by atoms with Crippen LogP contribution >= 0.6 is 11.6 Å². The molecule has 1 aromatic heterocycles. The third-order valence-corrected chi connectivity index (χ3v) is 4.44. The van der Waals surface area contributed by atoms with Crippen LogP contribution in [0.4, 0.5) is 5.69 Å². The van der Waals surface area contributed by atoms with E-state index >= 15 is 0 Å². The molecular weight excluding hydrogens is 330 g/mol. The van der Waals surface area contributed by atoms with Crippen LogP contribution in [0.1, 0.15) is 29.8 Å². The largest absolute Gasteiger partial charge is 0.496 e. The van der Waals surface area contributed by atoms with Crippen molar-refractivity contribution in [2.24, 2.45) is 0 Å². The molecule has 1 aliphatic rings. The number of benzene rings is 1. The lowest BCUT2D eigenvalue weighted by atomic mass is 10.1. The first kappa shape index (κ1) is 16.7. The molecule has 1 aliphatic heterocycles. The zero-order valence-corrected chi connectivity index (χ0v) is 14.6. The van der Waals surface area contributed by atoms with E-state index in [0.29, 0.717) is 22.1 Å². The molecule has 0 saturated carbocycles. The number of furan rings is 1. The van der Waals surface area contributed by atoms with Crippen molar-refractivity contribution in [2.45, 2.75) is 19.3 Å². The lowest BCUT2D eigenvalue weighted by Gasteiger charge is -2.27. The number of nitrogens with zero attached hydrogens (tertiary/aromatic N) is 1. The maximum Gasteiger partial charge on any atom is 0.376 e. The van der Waals surface area contributed by atoms with E-state index in [0.717, 1.165) is 31.6 Å². The van der Waals surface area contributed by atoms with Gasteiger partial charge in [0.05, 0.1) is 25.5 Å². The summed E-state index contributed by atoms with van der Waals surface area (Å²) >= 11 is 6.11. The highest BCUT2D eigenvalue weighted by molar-refractivity contribution is 6.31. The summed E-state index contributed by atoms with van der Waals surface area (Å²) in [6, 6.07) is 7.16. The Morgan fingerprint density at radius 2 is 1.92 bits per heavy atom. The van der Waals surface area contributed by atoms with Gasteiger partial charge in [-0.2, -0.15) is 0 Å². The highest BCUT2D eigenvalue weighted by atomic mass is 35.5. The first-order valence-corrected chi connectivity index (χ1v) is 8.33. The Bertz CT molecular complexity index is 735. The third kappa shape index (κ3) is 3.22. The van der Waals surface area contributed by atoms with Crippen molar-refractivity contribution in [3.8, 4) is 17.1 Å². The lowest BCUT2D eigenvalue weighted by molar-refractivity contribution is 0.0567. The van der Waals surface area contributed by atoms with Crippen LogP contribution in [-0.2, 0) is 4.74 Å². The maximum atomic E-state index is 12.1. The number of carbonyl (C=O) groups is 1. The van der Waals surface area contributed by atoms with Crippen molar-refractivity contribution in [3.05, 3.63) is 35.0 Å². The van der Waals surface area contributed by atoms with Crippen LogP contribution in [-0.4, -0.2) is 33.3 Å². The summed E-state index contributed by atoms with van der Waals surface area (Å²) in [5.41, 5.74) is 1.47. The Morgan fingerprint density at radius 1 is 1.17 bits per heavy atom. The molecule has 0 radical (unpaired) electrons. The Morgan fingerprint density at radius 3 is 2.58 bits per heavy atom. The van der Waals surface area contributed by atoms with Crippen molar-refractivity contribution in [3.63, 3.8) is 0 Å². The second kappa shape index (κ2) is 7.18. The minimum atomic E-state index is -0.484. The molecule has 0 atom stereocenters. The summed E-state index contributed by atoms with van der Waals surface area (Å²) in [5.74, 6) is 0.907. The Hall–Kier alpha value is -2.14. The molecule has 3 rings (SSSR count). The fraction of sp³-hybridized carbons (Fsp3) is 0.389. The van der Waals surface area contributed by atoms with Gasteiger partial charge in [-0.15, -0.1) is 0 Å². The van der Waals surface area contributed by atoms with Crippen LogP contribution in [0.3, 0.4) is 0 Å². The molecule has 0 amide bonds. The predicted molar refractivity (Wildman–Crippen MR) is 93.1 cm³/mol. The zero-order chi connectivity index (χ0) is 17.1. The van der Waals surface area contributed by atoms with Gasteiger partial charge >= 0.3 is 5.97 Å². The van der Waals surface area contributed by atoms with Crippen LogP contribution in [0.25, 0.3) is 11.3 Å². The monoisotopic (exact) mass is 349 g/mol. The number of piperidine rings is 1. The fourth-order valence-corrected chi connectivity index (χ4v) is 3.17. The van der Waals surface area contributed by atoms with E-state index in [9.17, 15) is 4.79 Å². The Labute approximate surface area is 146 Å². The Balaban J connectivity index is 2.08. The number of ether oxygens (including phenoxy) is 2. The molecular formula is C18H20ClNO4. The van der Waals surface area contributed by atoms with Gasteiger partial charge in [0.25, 0.3) is 0 Å². The van der Waals surface area contributed by atoms with Gasteiger partial charge in [0, 0.05) is 24.2 Å². The second-order valence-electron chi connectivity index (χ2n) is 5.71. The third-order valence-electron chi connectivity index (χ3n) is 4.21. The average Bonchev–Trinajstić information content (AvgIpc) is 3.07. The molecule has 0 aliphatic carbocycles. The molecule has 2 aromatic rings. The quantitative estimate of drug-likeness (QED) is 0.766. The van der Waals surface area contributed by atoms with E-state index in [-0.39, 0.29) is 5.76 Å². The van der Waals surface area contributed by atoms with E-state index in [1.165, 1.54) is 13.5 Å². The number of halogens is 1. The van der Waals surface area contributed by atoms with Crippen molar-refractivity contribution >= 4 is 23.3 Å². The van der Waals surface area contributed by atoms with Gasteiger partial charge in [0.15, 0.2) is 0 Å². The van der Waals surface area contributed by atoms with Crippen molar-refractivity contribution < 1.29 is 18.7 Å². The second-order valence-corrected chi connectivity index (χ2v) is 6.15. The summed E-state index contributed by atoms with van der Waals surface area (Å²) in [7, 11) is 2.94. The smallest absolute Gasteiger partial charge is 0.376 e. The molecule has 0 N–H and O–H groups in total. The van der Waals surface area contributed by atoms with Crippen LogP contribution < -0.4 is 9.64 Å². The Kier molecular flexibility index (Phi) is 5.00. The first-order valence-electron chi connectivity index (χ1n) is 7.95. The lowest BCUT2D eigenvalue weighted by Crippen LogP contribution is -2.30. The molecule has 1 aromatic carbocycles. The van der Waals surface area contributed by atoms with Crippen LogP contribution in [0.5, 0.6) is 5.75 Å². The van der Waals surface area contributed by atoms with Crippen molar-refractivity contribution in [1.82, 2.24) is 0 Å². The summed E-state index contributed by atoms with van der Waals surface area (Å²) < 4.78 is 16.1. The highest BCUT2D eigenvalue weighted by Gasteiger charge is 2.26. The minimum absolute atomic E-state index is 0.219. The number of carbonyl (C=O) groups excluding carboxylic acids is 1. The van der Waals surface area contributed by atoms with Crippen molar-refractivity contribution in [1.29, 1.82) is 0 Å². The van der Waals surface area contributed by atoms with Gasteiger partial charge in [0.1, 0.15) is 11.5 Å². The zero-order valence-electron chi connectivity index (χ0n) is 13.8. The van der Waals surface area contributed by atoms with Gasteiger partial charge in [-0.05, 0) is 37.5 Å². The number of methoxy groups -OCH3 is 2. The van der Waals surface area contributed by atoms with Gasteiger partial charge in [-0.1, -0.05) is 11.6 Å². The fourth-order valence-electron chi connectivity index (χ4n) is 3.00. The van der Waals surface area contributed by atoms with Gasteiger partial charge in [-0.3, -0.25) is 0 Å². The van der Waals surface area contributed by atoms with E-state index < -0.39 is 5.97 Å². The molecule has 0 bridgehead atoms. The number of hydrogen-bond acceptors (Lipinski definition) is 5. The molecule has 128 valence electrons. The molecule has 2 heterocycles. The molecule has 1 fully saturated rings. The van der Waals surface area contributed by atoms with Gasteiger partial charge < -0.3 is 18.8 Å². The van der Waals surface area contributed by atoms with Crippen LogP contribution in [0.2, 0.25) is 5.02 Å². The summed E-state index contributed by atoms with van der Waals surface area (Å²) in [6.45, 7) is 1.80. The number of rotatable bonds is 4. The standard InChI is InChI=1S/C18H20ClNO4/c1-22-15-7-6-12(19)10-13(15)16-11-14(17(24-16)18(21)23-2)20-8-4-3-5-9-20/h6-7,10-11H,3-5,8-9H2,1-2H3. The normalized spacial score (nSPS) is 14.5. The molecule has 0 unspecified atom stereocenters. The summed E-state index contributed by atoms with van der Waals surface area (Å²) in [5, 5.41) is 0.571. The number of anilines is 1. The molecule has 6 heteroatoms. The van der Waals surface area contributed by atoms with E-state index in [4.69, 9.17) is 25.5 Å². The predicted octanol–water partition coefficient (Wildman–Crippen LogP) is 4.39. The summed E-state index contributed by atoms with van der Waals surface area (Å²) in [6.07, 6.45) is 3.40. The number of hydrogen-bond donors (Lipinski definition) is 0. The molecule has 0 spiro atoms.